The van der Waals surface area contributed by atoms with Crippen LogP contribution in [0.1, 0.15) is 12.5 Å². The molecular formula is C12H10N2O3. The molecule has 0 fully saturated rings. The summed E-state index contributed by atoms with van der Waals surface area (Å²) in [6, 6.07) is 7.56. The third kappa shape index (κ3) is 1.37. The van der Waals surface area contributed by atoms with Crippen LogP contribution in [-0.2, 0) is 9.63 Å². The summed E-state index contributed by atoms with van der Waals surface area (Å²) in [5.74, 6) is -0.280. The van der Waals surface area contributed by atoms with Crippen molar-refractivity contribution in [3.05, 3.63) is 41.2 Å². The van der Waals surface area contributed by atoms with E-state index in [4.69, 9.17) is 4.84 Å². The summed E-state index contributed by atoms with van der Waals surface area (Å²) < 4.78 is 0. The van der Waals surface area contributed by atoms with Crippen LogP contribution in [0.15, 0.2) is 30.5 Å². The van der Waals surface area contributed by atoms with Gasteiger partial charge in [0.2, 0.25) is 0 Å². The average molecular weight is 230 g/mol. The lowest BCUT2D eigenvalue weighted by molar-refractivity contribution is -0.164. The van der Waals surface area contributed by atoms with E-state index in [1.54, 1.807) is 6.08 Å². The molecule has 1 N–H and O–H groups in total. The Labute approximate surface area is 97.0 Å². The van der Waals surface area contributed by atoms with Gasteiger partial charge in [-0.05, 0) is 6.07 Å². The van der Waals surface area contributed by atoms with Crippen molar-refractivity contribution in [2.75, 3.05) is 0 Å². The lowest BCUT2D eigenvalue weighted by Gasteiger charge is -2.29. The van der Waals surface area contributed by atoms with Crippen molar-refractivity contribution in [3.8, 4) is 0 Å². The zero-order valence-electron chi connectivity index (χ0n) is 9.14. The normalized spacial score (nSPS) is 21.8. The smallest absolute Gasteiger partial charge is 0.365 e. The molecule has 17 heavy (non-hydrogen) atoms. The lowest BCUT2D eigenvalue weighted by Crippen LogP contribution is -2.37. The number of aromatic amines is 1. The van der Waals surface area contributed by atoms with Crippen molar-refractivity contribution in [2.24, 2.45) is 0 Å². The maximum absolute atomic E-state index is 12.3. The molecule has 1 atom stereocenters. The Morgan fingerprint density at radius 2 is 2.18 bits per heavy atom. The van der Waals surface area contributed by atoms with Gasteiger partial charge in [-0.1, -0.05) is 23.0 Å². The van der Waals surface area contributed by atoms with Crippen LogP contribution in [0.25, 0.3) is 17.0 Å². The Kier molecular flexibility index (Phi) is 1.89. The molecule has 0 saturated heterocycles. The average Bonchev–Trinajstić information content (AvgIpc) is 2.77. The van der Waals surface area contributed by atoms with Crippen molar-refractivity contribution in [2.45, 2.75) is 6.92 Å². The second kappa shape index (κ2) is 3.19. The van der Waals surface area contributed by atoms with Crippen molar-refractivity contribution >= 4 is 28.8 Å². The molecule has 86 valence electrons. The second-order valence-electron chi connectivity index (χ2n) is 3.93. The van der Waals surface area contributed by atoms with E-state index in [-0.39, 0.29) is 0 Å². The van der Waals surface area contributed by atoms with Gasteiger partial charge in [0.15, 0.2) is 0 Å². The summed E-state index contributed by atoms with van der Waals surface area (Å²) in [5.41, 5.74) is 1.63. The fourth-order valence-corrected chi connectivity index (χ4v) is 2.08. The van der Waals surface area contributed by atoms with Crippen LogP contribution in [0.5, 0.6) is 0 Å². The highest BCUT2D eigenvalue weighted by molar-refractivity contribution is 5.97. The third-order valence-corrected chi connectivity index (χ3v) is 2.74. The Morgan fingerprint density at radius 3 is 2.94 bits per heavy atom. The van der Waals surface area contributed by atoms with E-state index in [0.717, 1.165) is 16.5 Å². The largest absolute Gasteiger partial charge is 0.578 e. The molecule has 5 nitrogen and oxygen atoms in total. The second-order valence-corrected chi connectivity index (χ2v) is 3.93. The summed E-state index contributed by atoms with van der Waals surface area (Å²) in [4.78, 5) is 17.5. The van der Waals surface area contributed by atoms with Gasteiger partial charge in [0.1, 0.15) is 6.20 Å². The molecule has 1 aromatic heterocycles. The first-order chi connectivity index (χ1) is 8.10. The maximum Gasteiger partial charge on any atom is 0.365 e. The Morgan fingerprint density at radius 1 is 1.41 bits per heavy atom. The molecule has 0 aliphatic carbocycles. The van der Waals surface area contributed by atoms with Gasteiger partial charge in [-0.25, -0.2) is 4.79 Å². The molecule has 0 bridgehead atoms. The summed E-state index contributed by atoms with van der Waals surface area (Å²) in [6.07, 6.45) is 2.97. The number of nitrogens with zero attached hydrogens (tertiary/aromatic N) is 1. The van der Waals surface area contributed by atoms with Gasteiger partial charge in [-0.15, -0.1) is 0 Å². The van der Waals surface area contributed by atoms with E-state index in [1.165, 1.54) is 13.1 Å². The lowest BCUT2D eigenvalue weighted by atomic mass is 10.2. The minimum atomic E-state index is -1.21. The molecule has 0 amide bonds. The van der Waals surface area contributed by atoms with Crippen LogP contribution in [0.2, 0.25) is 0 Å². The van der Waals surface area contributed by atoms with Gasteiger partial charge < -0.3 is 10.2 Å². The first-order valence-electron chi connectivity index (χ1n) is 5.20. The maximum atomic E-state index is 12.3. The molecule has 3 rings (SSSR count). The molecule has 1 aliphatic heterocycles. The number of H-pyrrole nitrogens is 1. The number of hydrogen-bond donors (Lipinski definition) is 1. The third-order valence-electron chi connectivity index (χ3n) is 2.74. The quantitative estimate of drug-likeness (QED) is 0.604. The van der Waals surface area contributed by atoms with E-state index >= 15 is 0 Å². The predicted octanol–water partition coefficient (Wildman–Crippen LogP) is 2.44. The number of rotatable bonds is 1. The van der Waals surface area contributed by atoms with Gasteiger partial charge in [0.25, 0.3) is 5.82 Å². The number of aromatic nitrogens is 1. The standard InChI is InChI=1S/C12H10N2O3/c1-8(15)17-14(16)7-6-10-9-4-2-3-5-11(9)13-12(10)14/h2-7,13H,1H3. The number of carbonyl (C=O) groups excluding carboxylic acids is 1. The van der Waals surface area contributed by atoms with Crippen molar-refractivity contribution in [3.63, 3.8) is 0 Å². The Balaban J connectivity index is 2.20. The van der Waals surface area contributed by atoms with Gasteiger partial charge >= 0.3 is 5.97 Å². The van der Waals surface area contributed by atoms with E-state index in [9.17, 15) is 10.0 Å². The molecule has 0 radical (unpaired) electrons. The summed E-state index contributed by atoms with van der Waals surface area (Å²) in [5, 5.41) is 13.2. The minimum Gasteiger partial charge on any atom is -0.578 e. The zero-order valence-corrected chi connectivity index (χ0v) is 9.14. The highest BCUT2D eigenvalue weighted by Crippen LogP contribution is 2.39. The fraction of sp³-hybridized carbons (Fsp3) is 0.0833. The van der Waals surface area contributed by atoms with E-state index < -0.39 is 10.8 Å². The molecule has 1 aliphatic rings. The number of nitrogens with one attached hydrogen (secondary N) is 1. The number of hydroxylamine groups is 2. The van der Waals surface area contributed by atoms with Gasteiger partial charge in [0, 0.05) is 18.4 Å². The highest BCUT2D eigenvalue weighted by Gasteiger charge is 2.34. The zero-order chi connectivity index (χ0) is 12.0. The van der Waals surface area contributed by atoms with Gasteiger partial charge in [-0.3, -0.25) is 4.84 Å². The number of para-hydroxylation sites is 1. The Hall–Kier alpha value is -2.11. The molecule has 0 spiro atoms. The van der Waals surface area contributed by atoms with Crippen LogP contribution < -0.4 is 4.81 Å². The number of carbonyl (C=O) groups is 1. The van der Waals surface area contributed by atoms with Crippen LogP contribution >= 0.6 is 0 Å². The summed E-state index contributed by atoms with van der Waals surface area (Å²) >= 11 is 0. The van der Waals surface area contributed by atoms with Crippen LogP contribution in [0.3, 0.4) is 0 Å². The van der Waals surface area contributed by atoms with Crippen LogP contribution in [0.4, 0.5) is 5.82 Å². The predicted molar refractivity (Wildman–Crippen MR) is 64.3 cm³/mol. The Bertz CT molecular complexity index is 644. The molecular weight excluding hydrogens is 220 g/mol. The van der Waals surface area contributed by atoms with Crippen molar-refractivity contribution < 1.29 is 9.63 Å². The van der Waals surface area contributed by atoms with Gasteiger partial charge in [0.05, 0.1) is 11.1 Å². The van der Waals surface area contributed by atoms with E-state index in [2.05, 4.69) is 4.98 Å². The van der Waals surface area contributed by atoms with Crippen LogP contribution in [-0.4, -0.2) is 11.0 Å². The molecule has 2 aromatic rings. The number of benzene rings is 1. The van der Waals surface area contributed by atoms with Crippen molar-refractivity contribution in [1.82, 2.24) is 9.79 Å². The van der Waals surface area contributed by atoms with Crippen molar-refractivity contribution in [1.29, 1.82) is 0 Å². The minimum absolute atomic E-state index is 0.335. The molecule has 1 unspecified atom stereocenters. The van der Waals surface area contributed by atoms with E-state index in [1.807, 2.05) is 24.3 Å². The SMILES string of the molecule is CC(=O)O[N+]1([O-])C=Cc2c1[nH]c1ccccc21. The highest BCUT2D eigenvalue weighted by atomic mass is 16.9. The summed E-state index contributed by atoms with van der Waals surface area (Å²) in [7, 11) is 0. The molecule has 0 saturated carbocycles. The van der Waals surface area contributed by atoms with E-state index in [0.29, 0.717) is 5.82 Å². The van der Waals surface area contributed by atoms with Gasteiger partial charge in [-0.2, -0.15) is 0 Å². The first kappa shape index (κ1) is 10.1. The number of fused-ring (bicyclic) bond motifs is 3. The number of hydrogen-bond acceptors (Lipinski definition) is 3. The topological polar surface area (TPSA) is 65.2 Å². The summed E-state index contributed by atoms with van der Waals surface area (Å²) in [6.45, 7) is 1.21. The molecule has 5 heteroatoms. The first-order valence-corrected chi connectivity index (χ1v) is 5.20. The molecule has 1 aromatic carbocycles. The fourth-order valence-electron chi connectivity index (χ4n) is 2.08. The molecule has 2 heterocycles. The number of quaternary nitrogens is 1. The van der Waals surface area contributed by atoms with Crippen LogP contribution in [0, 0.1) is 5.21 Å². The monoisotopic (exact) mass is 230 g/mol.